The van der Waals surface area contributed by atoms with E-state index in [1.165, 1.54) is 66.8 Å². The number of anilines is 3. The minimum absolute atomic E-state index is 0.152. The molecule has 266 valence electrons. The van der Waals surface area contributed by atoms with Gasteiger partial charge in [-0.25, -0.2) is 0 Å². The predicted molar refractivity (Wildman–Crippen MR) is 239 cm³/mol. The first-order chi connectivity index (χ1) is 27.7. The van der Waals surface area contributed by atoms with Gasteiger partial charge in [-0.3, -0.25) is 0 Å². The molecule has 8 aromatic carbocycles. The Morgan fingerprint density at radius 1 is 0.404 bits per heavy atom. The molecule has 57 heavy (non-hydrogen) atoms. The monoisotopic (exact) mass is 723 g/mol. The summed E-state index contributed by atoms with van der Waals surface area (Å²) in [5, 5.41) is -0.922. The molecule has 0 aromatic heterocycles. The molecule has 4 radical (unpaired) electrons. The standard InChI is InChI=1S/C54H39B2N/c1-52(2)45-19-9-4-15-39(45)43-30-28-36(32-49(43)52)57(51-23-13-8-14-38(51)34-24-26-35(27-25-34)53(3,55)56)37-29-31-44-42-18-7-12-22-48(42)54(50(44)33-37)46-20-10-5-16-40(46)41-17-6-11-21-47(41)54/h4-33H,1-3H3. The minimum Gasteiger partial charge on any atom is -0.310 e. The third-order valence-electron chi connectivity index (χ3n) is 13.0. The highest BCUT2D eigenvalue weighted by molar-refractivity contribution is 6.39. The zero-order chi connectivity index (χ0) is 38.7. The summed E-state index contributed by atoms with van der Waals surface area (Å²) in [6.07, 6.45) is 0. The van der Waals surface area contributed by atoms with Crippen molar-refractivity contribution in [1.82, 2.24) is 0 Å². The highest BCUT2D eigenvalue weighted by Gasteiger charge is 2.51. The highest BCUT2D eigenvalue weighted by Crippen LogP contribution is 2.63. The van der Waals surface area contributed by atoms with E-state index in [9.17, 15) is 0 Å². The van der Waals surface area contributed by atoms with Crippen molar-refractivity contribution in [3.05, 3.63) is 221 Å². The van der Waals surface area contributed by atoms with E-state index in [2.05, 4.69) is 201 Å². The number of hydrogen-bond acceptors (Lipinski definition) is 1. The summed E-state index contributed by atoms with van der Waals surface area (Å²) >= 11 is 0. The van der Waals surface area contributed by atoms with Gasteiger partial charge in [-0.2, -0.15) is 0 Å². The fraction of sp³-hybridized carbons (Fsp3) is 0.111. The first-order valence-electron chi connectivity index (χ1n) is 19.9. The maximum Gasteiger partial charge on any atom is 0.0726 e. The van der Waals surface area contributed by atoms with E-state index in [0.717, 1.165) is 33.8 Å². The summed E-state index contributed by atoms with van der Waals surface area (Å²) in [6.45, 7) is 6.55. The fourth-order valence-corrected chi connectivity index (χ4v) is 10.4. The van der Waals surface area contributed by atoms with E-state index in [1.807, 2.05) is 6.92 Å². The lowest BCUT2D eigenvalue weighted by Crippen LogP contribution is -2.26. The van der Waals surface area contributed by atoms with Gasteiger partial charge in [0.15, 0.2) is 0 Å². The molecule has 3 heteroatoms. The number of hydrogen-bond donors (Lipinski definition) is 0. The van der Waals surface area contributed by atoms with Crippen LogP contribution >= 0.6 is 0 Å². The molecule has 8 aromatic rings. The van der Waals surface area contributed by atoms with Gasteiger partial charge < -0.3 is 4.90 Å². The van der Waals surface area contributed by atoms with Crippen molar-refractivity contribution in [3.8, 4) is 44.5 Å². The molecular weight excluding hydrogens is 684 g/mol. The van der Waals surface area contributed by atoms with Crippen molar-refractivity contribution in [2.24, 2.45) is 0 Å². The zero-order valence-electron chi connectivity index (χ0n) is 32.4. The minimum atomic E-state index is -0.922. The molecular formula is C54H39B2N. The largest absolute Gasteiger partial charge is 0.310 e. The molecule has 0 N–H and O–H groups in total. The van der Waals surface area contributed by atoms with Crippen molar-refractivity contribution in [2.75, 3.05) is 4.90 Å². The van der Waals surface area contributed by atoms with Crippen LogP contribution in [0.4, 0.5) is 17.1 Å². The fourth-order valence-electron chi connectivity index (χ4n) is 10.4. The van der Waals surface area contributed by atoms with Crippen molar-refractivity contribution >= 4 is 32.8 Å². The molecule has 0 saturated heterocycles. The Balaban J connectivity index is 1.18. The molecule has 0 bridgehead atoms. The van der Waals surface area contributed by atoms with Gasteiger partial charge in [-0.15, -0.1) is 0 Å². The summed E-state index contributed by atoms with van der Waals surface area (Å²) in [4.78, 5) is 2.47. The first-order valence-corrected chi connectivity index (χ1v) is 19.9. The smallest absolute Gasteiger partial charge is 0.0726 e. The van der Waals surface area contributed by atoms with Gasteiger partial charge in [0.1, 0.15) is 0 Å². The van der Waals surface area contributed by atoms with Crippen LogP contribution in [0.15, 0.2) is 182 Å². The Morgan fingerprint density at radius 3 is 1.33 bits per heavy atom. The molecule has 0 amide bonds. The molecule has 3 aliphatic carbocycles. The van der Waals surface area contributed by atoms with Gasteiger partial charge in [-0.1, -0.05) is 183 Å². The molecule has 1 nitrogen and oxygen atoms in total. The number of para-hydroxylation sites is 1. The van der Waals surface area contributed by atoms with Crippen LogP contribution in [0.2, 0.25) is 0 Å². The van der Waals surface area contributed by atoms with Gasteiger partial charge in [0.25, 0.3) is 0 Å². The SMILES string of the molecule is [B]C([B])(C)c1ccc(-c2ccccc2N(c2ccc3c(c2)C(C)(C)c2ccccc2-3)c2ccc3c(c2)C2(c4ccccc4-c4ccccc42)c2ccccc2-3)cc1. The Bertz CT molecular complexity index is 2870. The summed E-state index contributed by atoms with van der Waals surface area (Å²) in [5.41, 5.74) is 21.7. The van der Waals surface area contributed by atoms with Crippen LogP contribution in [-0.2, 0) is 16.0 Å². The quantitative estimate of drug-likeness (QED) is 0.160. The number of rotatable bonds is 5. The summed E-state index contributed by atoms with van der Waals surface area (Å²) in [6, 6.07) is 67.3. The van der Waals surface area contributed by atoms with Crippen molar-refractivity contribution < 1.29 is 0 Å². The lowest BCUT2D eigenvalue weighted by Gasteiger charge is -2.33. The van der Waals surface area contributed by atoms with E-state index >= 15 is 0 Å². The normalized spacial score (nSPS) is 14.6. The van der Waals surface area contributed by atoms with Crippen LogP contribution in [0.3, 0.4) is 0 Å². The maximum absolute atomic E-state index is 6.33. The molecule has 0 fully saturated rings. The van der Waals surface area contributed by atoms with Gasteiger partial charge in [0, 0.05) is 22.4 Å². The van der Waals surface area contributed by atoms with Gasteiger partial charge in [0.2, 0.25) is 0 Å². The van der Waals surface area contributed by atoms with Crippen LogP contribution in [0.1, 0.15) is 59.7 Å². The topological polar surface area (TPSA) is 3.24 Å². The molecule has 0 heterocycles. The highest BCUT2D eigenvalue weighted by atomic mass is 15.1. The van der Waals surface area contributed by atoms with Crippen molar-refractivity contribution in [2.45, 2.75) is 36.8 Å². The molecule has 0 atom stereocenters. The Kier molecular flexibility index (Phi) is 7.21. The van der Waals surface area contributed by atoms with E-state index in [1.54, 1.807) is 0 Å². The lowest BCUT2D eigenvalue weighted by atomic mass is 9.52. The second-order valence-electron chi connectivity index (χ2n) is 16.7. The van der Waals surface area contributed by atoms with E-state index in [4.69, 9.17) is 15.7 Å². The third-order valence-corrected chi connectivity index (χ3v) is 13.0. The van der Waals surface area contributed by atoms with Crippen LogP contribution in [0.25, 0.3) is 44.5 Å². The molecule has 3 aliphatic rings. The van der Waals surface area contributed by atoms with E-state index in [-0.39, 0.29) is 5.41 Å². The number of benzene rings is 8. The number of fused-ring (bicyclic) bond motifs is 13. The van der Waals surface area contributed by atoms with Crippen LogP contribution in [0, 0.1) is 0 Å². The predicted octanol–water partition coefficient (Wildman–Crippen LogP) is 13.0. The van der Waals surface area contributed by atoms with Crippen molar-refractivity contribution in [1.29, 1.82) is 0 Å². The van der Waals surface area contributed by atoms with Crippen LogP contribution in [0.5, 0.6) is 0 Å². The third kappa shape index (κ3) is 4.72. The summed E-state index contributed by atoms with van der Waals surface area (Å²) in [7, 11) is 12.7. The average molecular weight is 724 g/mol. The lowest BCUT2D eigenvalue weighted by molar-refractivity contribution is 0.660. The van der Waals surface area contributed by atoms with Crippen molar-refractivity contribution in [3.63, 3.8) is 0 Å². The summed E-state index contributed by atoms with van der Waals surface area (Å²) in [5.74, 6) is 0. The zero-order valence-corrected chi connectivity index (χ0v) is 32.4. The number of nitrogens with zero attached hydrogens (tertiary/aromatic N) is 1. The van der Waals surface area contributed by atoms with Crippen LogP contribution in [-0.4, -0.2) is 15.7 Å². The van der Waals surface area contributed by atoms with Gasteiger partial charge in [0.05, 0.1) is 26.8 Å². The Labute approximate surface area is 338 Å². The molecule has 0 saturated carbocycles. The van der Waals surface area contributed by atoms with Gasteiger partial charge >= 0.3 is 0 Å². The van der Waals surface area contributed by atoms with Gasteiger partial charge in [-0.05, 0) is 103 Å². The molecule has 0 unspecified atom stereocenters. The maximum atomic E-state index is 6.33. The average Bonchev–Trinajstić information content (AvgIpc) is 3.79. The Hall–Kier alpha value is -6.31. The Morgan fingerprint density at radius 2 is 0.807 bits per heavy atom. The van der Waals surface area contributed by atoms with Crippen LogP contribution < -0.4 is 4.90 Å². The second-order valence-corrected chi connectivity index (χ2v) is 16.7. The van der Waals surface area contributed by atoms with E-state index in [0.29, 0.717) is 0 Å². The second kappa shape index (κ2) is 12.1. The first kappa shape index (κ1) is 34.0. The molecule has 11 rings (SSSR count). The molecule has 1 spiro atoms. The molecule has 0 aliphatic heterocycles. The summed E-state index contributed by atoms with van der Waals surface area (Å²) < 4.78 is 0. The van der Waals surface area contributed by atoms with E-state index < -0.39 is 10.6 Å².